The van der Waals surface area contributed by atoms with Crippen LogP contribution in [0, 0.1) is 0 Å². The lowest BCUT2D eigenvalue weighted by Gasteiger charge is -2.10. The second kappa shape index (κ2) is 9.64. The van der Waals surface area contributed by atoms with Gasteiger partial charge in [-0.3, -0.25) is 0 Å². The Kier molecular flexibility index (Phi) is 7.20. The van der Waals surface area contributed by atoms with E-state index in [-0.39, 0.29) is 0 Å². The molecular weight excluding hydrogens is 308 g/mol. The van der Waals surface area contributed by atoms with Gasteiger partial charge in [-0.25, -0.2) is 0 Å². The normalized spacial score (nSPS) is 10.5. The van der Waals surface area contributed by atoms with Crippen LogP contribution in [0.5, 0.6) is 17.2 Å². The molecule has 0 aliphatic heterocycles. The zero-order valence-electron chi connectivity index (χ0n) is 13.9. The van der Waals surface area contributed by atoms with Crippen molar-refractivity contribution < 1.29 is 18.9 Å². The molecule has 0 unspecified atom stereocenters. The van der Waals surface area contributed by atoms with Gasteiger partial charge in [0, 0.05) is 12.3 Å². The molecule has 0 bridgehead atoms. The molecule has 0 atom stereocenters. The van der Waals surface area contributed by atoms with Crippen molar-refractivity contribution >= 4 is 11.4 Å². The molecule has 0 amide bonds. The molecule has 4 N–H and O–H groups in total. The molecule has 0 saturated carbocycles. The minimum atomic E-state index is 0.483. The van der Waals surface area contributed by atoms with Crippen LogP contribution in [0.3, 0.4) is 0 Å². The van der Waals surface area contributed by atoms with Crippen molar-refractivity contribution in [3.63, 3.8) is 0 Å². The number of hydrogen-bond acceptors (Lipinski definition) is 6. The fourth-order valence-corrected chi connectivity index (χ4v) is 1.97. The predicted octanol–water partition coefficient (Wildman–Crippen LogP) is 3.08. The van der Waals surface area contributed by atoms with Gasteiger partial charge in [0.25, 0.3) is 0 Å². The molecule has 6 nitrogen and oxygen atoms in total. The van der Waals surface area contributed by atoms with Gasteiger partial charge < -0.3 is 30.4 Å². The molecular formula is C18H24N2O4. The summed E-state index contributed by atoms with van der Waals surface area (Å²) in [6.45, 7) is 4.85. The van der Waals surface area contributed by atoms with E-state index in [9.17, 15) is 0 Å². The Hall–Kier alpha value is -2.44. The Morgan fingerprint density at radius 1 is 0.792 bits per heavy atom. The minimum Gasteiger partial charge on any atom is -0.491 e. The largest absolute Gasteiger partial charge is 0.491 e. The lowest BCUT2D eigenvalue weighted by atomic mass is 10.2. The van der Waals surface area contributed by atoms with E-state index in [0.717, 1.165) is 5.75 Å². The summed E-state index contributed by atoms with van der Waals surface area (Å²) >= 11 is 0. The van der Waals surface area contributed by atoms with Gasteiger partial charge >= 0.3 is 0 Å². The average Bonchev–Trinajstić information content (AvgIpc) is 2.58. The third-order valence-corrected chi connectivity index (χ3v) is 3.16. The summed E-state index contributed by atoms with van der Waals surface area (Å²) in [5.41, 5.74) is 12.6. The number of anilines is 2. The van der Waals surface area contributed by atoms with Gasteiger partial charge in [-0.15, -0.1) is 0 Å². The number of rotatable bonds is 10. The van der Waals surface area contributed by atoms with Crippen LogP contribution < -0.4 is 20.9 Å². The third kappa shape index (κ3) is 5.98. The molecule has 0 radical (unpaired) electrons. The van der Waals surface area contributed by atoms with Gasteiger partial charge in [0.15, 0.2) is 0 Å². The van der Waals surface area contributed by atoms with Gasteiger partial charge in [0.2, 0.25) is 0 Å². The van der Waals surface area contributed by atoms with Crippen molar-refractivity contribution in [3.8, 4) is 17.2 Å². The Morgan fingerprint density at radius 3 is 2.17 bits per heavy atom. The zero-order valence-corrected chi connectivity index (χ0v) is 13.9. The summed E-state index contributed by atoms with van der Waals surface area (Å²) in [6, 6.07) is 12.5. The van der Waals surface area contributed by atoms with Crippen LogP contribution in [-0.4, -0.2) is 33.0 Å². The topological polar surface area (TPSA) is 89.0 Å². The first-order valence-corrected chi connectivity index (χ1v) is 7.90. The molecule has 2 aromatic rings. The van der Waals surface area contributed by atoms with E-state index in [1.807, 2.05) is 31.2 Å². The second-order valence-electron chi connectivity index (χ2n) is 5.03. The highest BCUT2D eigenvalue weighted by Gasteiger charge is 2.03. The van der Waals surface area contributed by atoms with Crippen LogP contribution in [0.15, 0.2) is 42.5 Å². The highest BCUT2D eigenvalue weighted by Crippen LogP contribution is 2.29. The van der Waals surface area contributed by atoms with Gasteiger partial charge in [-0.05, 0) is 49.4 Å². The maximum Gasteiger partial charge on any atom is 0.150 e. The van der Waals surface area contributed by atoms with Crippen LogP contribution in [0.4, 0.5) is 11.4 Å². The molecule has 2 rings (SSSR count). The molecule has 0 fully saturated rings. The van der Waals surface area contributed by atoms with Crippen molar-refractivity contribution in [2.45, 2.75) is 6.92 Å². The van der Waals surface area contributed by atoms with Crippen LogP contribution in [-0.2, 0) is 9.47 Å². The quantitative estimate of drug-likeness (QED) is 0.513. The van der Waals surface area contributed by atoms with E-state index in [1.54, 1.807) is 18.2 Å². The third-order valence-electron chi connectivity index (χ3n) is 3.16. The highest BCUT2D eigenvalue weighted by atomic mass is 16.5. The van der Waals surface area contributed by atoms with E-state index in [1.165, 1.54) is 0 Å². The maximum atomic E-state index is 5.87. The molecule has 130 valence electrons. The van der Waals surface area contributed by atoms with Crippen LogP contribution in [0.25, 0.3) is 0 Å². The lowest BCUT2D eigenvalue weighted by molar-refractivity contribution is 0.0405. The number of hydrogen-bond donors (Lipinski definition) is 2. The standard InChI is InChI=1S/C18H24N2O4/c1-2-21-9-10-22-11-12-23-15-4-6-16(7-5-15)24-18-8-3-14(19)13-17(18)20/h3-8,13H,2,9-12,19-20H2,1H3. The van der Waals surface area contributed by atoms with Crippen LogP contribution >= 0.6 is 0 Å². The molecule has 24 heavy (non-hydrogen) atoms. The van der Waals surface area contributed by atoms with Gasteiger partial charge in [0.05, 0.1) is 25.5 Å². The van der Waals surface area contributed by atoms with E-state index < -0.39 is 0 Å². The highest BCUT2D eigenvalue weighted by molar-refractivity contribution is 5.61. The monoisotopic (exact) mass is 332 g/mol. The number of benzene rings is 2. The molecule has 0 aliphatic carbocycles. The molecule has 2 aromatic carbocycles. The van der Waals surface area contributed by atoms with Crippen molar-refractivity contribution in [3.05, 3.63) is 42.5 Å². The molecule has 6 heteroatoms. The molecule has 0 saturated heterocycles. The van der Waals surface area contributed by atoms with E-state index in [2.05, 4.69) is 0 Å². The lowest BCUT2D eigenvalue weighted by Crippen LogP contribution is -2.10. The Bertz CT molecular complexity index is 617. The van der Waals surface area contributed by atoms with E-state index >= 15 is 0 Å². The summed E-state index contributed by atoms with van der Waals surface area (Å²) in [4.78, 5) is 0. The van der Waals surface area contributed by atoms with Crippen molar-refractivity contribution in [1.82, 2.24) is 0 Å². The summed E-state index contributed by atoms with van der Waals surface area (Å²) in [5, 5.41) is 0. The van der Waals surface area contributed by atoms with Gasteiger partial charge in [-0.1, -0.05) is 0 Å². The smallest absolute Gasteiger partial charge is 0.150 e. The maximum absolute atomic E-state index is 5.87. The van der Waals surface area contributed by atoms with Crippen molar-refractivity contribution in [2.75, 3.05) is 44.5 Å². The van der Waals surface area contributed by atoms with E-state index in [4.69, 9.17) is 30.4 Å². The molecule has 0 aromatic heterocycles. The Morgan fingerprint density at radius 2 is 1.46 bits per heavy atom. The first-order valence-electron chi connectivity index (χ1n) is 7.90. The van der Waals surface area contributed by atoms with E-state index in [0.29, 0.717) is 55.9 Å². The summed E-state index contributed by atoms with van der Waals surface area (Å²) in [6.07, 6.45) is 0. The Balaban J connectivity index is 1.74. The van der Waals surface area contributed by atoms with Crippen LogP contribution in [0.2, 0.25) is 0 Å². The zero-order chi connectivity index (χ0) is 17.2. The van der Waals surface area contributed by atoms with Crippen molar-refractivity contribution in [1.29, 1.82) is 0 Å². The number of nitrogen functional groups attached to an aromatic ring is 2. The minimum absolute atomic E-state index is 0.483. The molecule has 0 heterocycles. The fraction of sp³-hybridized carbons (Fsp3) is 0.333. The van der Waals surface area contributed by atoms with Crippen LogP contribution in [0.1, 0.15) is 6.92 Å². The number of ether oxygens (including phenoxy) is 4. The molecule has 0 spiro atoms. The average molecular weight is 332 g/mol. The summed E-state index contributed by atoms with van der Waals surface area (Å²) < 4.78 is 21.9. The fourth-order valence-electron chi connectivity index (χ4n) is 1.97. The predicted molar refractivity (Wildman–Crippen MR) is 94.6 cm³/mol. The SMILES string of the molecule is CCOCCOCCOc1ccc(Oc2ccc(N)cc2N)cc1. The second-order valence-corrected chi connectivity index (χ2v) is 5.03. The van der Waals surface area contributed by atoms with Crippen molar-refractivity contribution in [2.24, 2.45) is 0 Å². The summed E-state index contributed by atoms with van der Waals surface area (Å²) in [7, 11) is 0. The van der Waals surface area contributed by atoms with Gasteiger partial charge in [-0.2, -0.15) is 0 Å². The molecule has 0 aliphatic rings. The first-order chi connectivity index (χ1) is 11.7. The Labute approximate surface area is 142 Å². The summed E-state index contributed by atoms with van der Waals surface area (Å²) in [5.74, 6) is 1.99. The first kappa shape index (κ1) is 17.9. The number of nitrogens with two attached hydrogens (primary N) is 2. The van der Waals surface area contributed by atoms with Gasteiger partial charge in [0.1, 0.15) is 23.9 Å².